The molecule has 3 N–H and O–H groups in total. The van der Waals surface area contributed by atoms with E-state index in [2.05, 4.69) is 9.82 Å². The zero-order valence-corrected chi connectivity index (χ0v) is 11.8. The van der Waals surface area contributed by atoms with Gasteiger partial charge in [-0.15, -0.1) is 0 Å². The fraction of sp³-hybridized carbons (Fsp3) is 0.556. The fourth-order valence-corrected chi connectivity index (χ4v) is 2.38. The molecule has 9 heteroatoms. The average molecular weight is 292 g/mol. The lowest BCUT2D eigenvalue weighted by Gasteiger charge is -2.09. The van der Waals surface area contributed by atoms with E-state index >= 15 is 0 Å². The molecule has 0 aromatic carbocycles. The molecule has 0 atom stereocenters. The molecular weight excluding hydrogens is 276 g/mol. The molecule has 1 aromatic heterocycles. The van der Waals surface area contributed by atoms with Crippen molar-refractivity contribution in [2.45, 2.75) is 6.92 Å². The first kappa shape index (κ1) is 14.9. The number of thiocarbonyl (C=S) groups is 1. The van der Waals surface area contributed by atoms with Crippen LogP contribution >= 0.6 is 12.2 Å². The van der Waals surface area contributed by atoms with Crippen molar-refractivity contribution in [3.05, 3.63) is 11.8 Å². The van der Waals surface area contributed by atoms with Crippen LogP contribution in [0.2, 0.25) is 0 Å². The minimum absolute atomic E-state index is 0.0885. The molecule has 0 bridgehead atoms. The van der Waals surface area contributed by atoms with Crippen molar-refractivity contribution in [2.75, 3.05) is 23.7 Å². The Morgan fingerprint density at radius 1 is 1.67 bits per heavy atom. The van der Waals surface area contributed by atoms with Crippen molar-refractivity contribution in [3.8, 4) is 0 Å². The number of nitrogens with two attached hydrogens (primary N) is 1. The summed E-state index contributed by atoms with van der Waals surface area (Å²) in [4.78, 5) is 0.0885. The van der Waals surface area contributed by atoms with Crippen molar-refractivity contribution in [2.24, 2.45) is 12.8 Å². The molecule has 0 aliphatic rings. The Hall–Kier alpha value is -1.19. The minimum atomic E-state index is -3.51. The van der Waals surface area contributed by atoms with Gasteiger partial charge in [0.15, 0.2) is 0 Å². The predicted octanol–water partition coefficient (Wildman–Crippen LogP) is -0.167. The minimum Gasteiger partial charge on any atom is -0.389 e. The highest BCUT2D eigenvalue weighted by molar-refractivity contribution is 7.92. The van der Waals surface area contributed by atoms with Crippen LogP contribution in [0.5, 0.6) is 0 Å². The molecule has 18 heavy (non-hydrogen) atoms. The second-order valence-corrected chi connectivity index (χ2v) is 5.79. The molecule has 0 fully saturated rings. The summed E-state index contributed by atoms with van der Waals surface area (Å²) in [6.45, 7) is 2.40. The third-order valence-electron chi connectivity index (χ3n) is 2.16. The van der Waals surface area contributed by atoms with Crippen molar-refractivity contribution in [3.63, 3.8) is 0 Å². The van der Waals surface area contributed by atoms with E-state index in [-0.39, 0.29) is 23.2 Å². The molecule has 1 heterocycles. The van der Waals surface area contributed by atoms with Gasteiger partial charge in [0.05, 0.1) is 24.1 Å². The lowest BCUT2D eigenvalue weighted by molar-refractivity contribution is 0.163. The highest BCUT2D eigenvalue weighted by atomic mass is 32.2. The van der Waals surface area contributed by atoms with Crippen LogP contribution in [-0.2, 0) is 21.8 Å². The highest BCUT2D eigenvalue weighted by Crippen LogP contribution is 2.15. The third kappa shape index (κ3) is 3.93. The largest absolute Gasteiger partial charge is 0.389 e. The highest BCUT2D eigenvalue weighted by Gasteiger charge is 2.17. The van der Waals surface area contributed by atoms with E-state index in [1.807, 2.05) is 0 Å². The summed E-state index contributed by atoms with van der Waals surface area (Å²) in [7, 11) is -1.91. The van der Waals surface area contributed by atoms with Crippen LogP contribution in [0.25, 0.3) is 0 Å². The summed E-state index contributed by atoms with van der Waals surface area (Å²) in [6.07, 6.45) is 1.42. The summed E-state index contributed by atoms with van der Waals surface area (Å²) < 4.78 is 32.3. The maximum absolute atomic E-state index is 11.8. The standard InChI is InChI=1S/C9H16N4O3S2/c1-3-16-4-5-18(14,15)12-9-7(8(10)17)6-11-13(9)2/h6,12H,3-5H2,1-2H3,(H2,10,17). The maximum atomic E-state index is 11.8. The number of rotatable bonds is 7. The Bertz CT molecular complexity index is 524. The van der Waals surface area contributed by atoms with Gasteiger partial charge in [-0.1, -0.05) is 12.2 Å². The molecule has 7 nitrogen and oxygen atoms in total. The molecule has 0 saturated heterocycles. The van der Waals surface area contributed by atoms with E-state index in [0.29, 0.717) is 12.2 Å². The summed E-state index contributed by atoms with van der Waals surface area (Å²) in [5, 5.41) is 3.91. The maximum Gasteiger partial charge on any atom is 0.236 e. The number of aryl methyl sites for hydroxylation is 1. The van der Waals surface area contributed by atoms with Crippen LogP contribution in [0.4, 0.5) is 5.82 Å². The summed E-state index contributed by atoms with van der Waals surface area (Å²) in [5.41, 5.74) is 5.88. The van der Waals surface area contributed by atoms with Crippen LogP contribution < -0.4 is 10.5 Å². The van der Waals surface area contributed by atoms with Crippen LogP contribution in [0.1, 0.15) is 12.5 Å². The van der Waals surface area contributed by atoms with Crippen LogP contribution in [0.15, 0.2) is 6.20 Å². The topological polar surface area (TPSA) is 99.2 Å². The lowest BCUT2D eigenvalue weighted by Crippen LogP contribution is -2.23. The van der Waals surface area contributed by atoms with E-state index in [1.165, 1.54) is 10.9 Å². The number of nitrogens with one attached hydrogen (secondary N) is 1. The number of nitrogens with zero attached hydrogens (tertiary/aromatic N) is 2. The van der Waals surface area contributed by atoms with Crippen molar-refractivity contribution in [1.29, 1.82) is 0 Å². The van der Waals surface area contributed by atoms with Gasteiger partial charge in [0, 0.05) is 13.7 Å². The number of sulfonamides is 1. The molecule has 1 aromatic rings. The average Bonchev–Trinajstić information content (AvgIpc) is 2.60. The second kappa shape index (κ2) is 6.12. The smallest absolute Gasteiger partial charge is 0.236 e. The molecular formula is C9H16N4O3S2. The molecule has 0 amide bonds. The molecule has 0 spiro atoms. The van der Waals surface area contributed by atoms with E-state index in [0.717, 1.165) is 0 Å². The number of aromatic nitrogens is 2. The van der Waals surface area contributed by atoms with Crippen LogP contribution in [0.3, 0.4) is 0 Å². The molecule has 0 saturated carbocycles. The zero-order valence-electron chi connectivity index (χ0n) is 10.2. The first-order chi connectivity index (χ1) is 8.37. The van der Waals surface area contributed by atoms with Crippen molar-refractivity contribution < 1.29 is 13.2 Å². The fourth-order valence-electron chi connectivity index (χ4n) is 1.25. The normalized spacial score (nSPS) is 11.4. The first-order valence-electron chi connectivity index (χ1n) is 5.27. The Morgan fingerprint density at radius 2 is 2.33 bits per heavy atom. The van der Waals surface area contributed by atoms with E-state index in [9.17, 15) is 8.42 Å². The summed E-state index contributed by atoms with van der Waals surface area (Å²) in [5.74, 6) is 0.127. The molecule has 102 valence electrons. The Balaban J connectivity index is 2.84. The van der Waals surface area contributed by atoms with Gasteiger partial charge in [-0.3, -0.25) is 9.40 Å². The molecule has 1 rings (SSSR count). The third-order valence-corrected chi connectivity index (χ3v) is 3.59. The second-order valence-electron chi connectivity index (χ2n) is 3.51. The van der Waals surface area contributed by atoms with Crippen LogP contribution in [0, 0.1) is 0 Å². The van der Waals surface area contributed by atoms with E-state index in [1.54, 1.807) is 14.0 Å². The van der Waals surface area contributed by atoms with Gasteiger partial charge < -0.3 is 10.5 Å². The Kier molecular flexibility index (Phi) is 5.05. The SMILES string of the molecule is CCOCCS(=O)(=O)Nc1c(C(N)=S)cnn1C. The molecule has 0 aliphatic heterocycles. The monoisotopic (exact) mass is 292 g/mol. The van der Waals surface area contributed by atoms with Crippen LogP contribution in [-0.4, -0.2) is 42.2 Å². The summed E-state index contributed by atoms with van der Waals surface area (Å²) in [6, 6.07) is 0. The molecule has 0 unspecified atom stereocenters. The van der Waals surface area contributed by atoms with Crippen molar-refractivity contribution >= 4 is 33.0 Å². The van der Waals surface area contributed by atoms with Gasteiger partial charge in [-0.05, 0) is 6.92 Å². The zero-order chi connectivity index (χ0) is 13.8. The van der Waals surface area contributed by atoms with Gasteiger partial charge in [0.2, 0.25) is 10.0 Å². The Morgan fingerprint density at radius 3 is 2.89 bits per heavy atom. The van der Waals surface area contributed by atoms with E-state index < -0.39 is 10.0 Å². The van der Waals surface area contributed by atoms with E-state index in [4.69, 9.17) is 22.7 Å². The van der Waals surface area contributed by atoms with Gasteiger partial charge >= 0.3 is 0 Å². The van der Waals surface area contributed by atoms with Crippen molar-refractivity contribution in [1.82, 2.24) is 9.78 Å². The molecule has 0 radical (unpaired) electrons. The molecule has 0 aliphatic carbocycles. The Labute approximate surface area is 111 Å². The number of hydrogen-bond donors (Lipinski definition) is 2. The quantitative estimate of drug-likeness (QED) is 0.535. The number of hydrogen-bond acceptors (Lipinski definition) is 5. The first-order valence-corrected chi connectivity index (χ1v) is 7.33. The number of anilines is 1. The lowest BCUT2D eigenvalue weighted by atomic mass is 10.3. The predicted molar refractivity (Wildman–Crippen MR) is 73.0 cm³/mol. The van der Waals surface area contributed by atoms with Gasteiger partial charge in [-0.25, -0.2) is 8.42 Å². The summed E-state index contributed by atoms with van der Waals surface area (Å²) >= 11 is 4.82. The van der Waals surface area contributed by atoms with Gasteiger partial charge in [0.1, 0.15) is 10.8 Å². The van der Waals surface area contributed by atoms with Gasteiger partial charge in [0.25, 0.3) is 0 Å². The van der Waals surface area contributed by atoms with Gasteiger partial charge in [-0.2, -0.15) is 5.10 Å². The number of ether oxygens (including phenoxy) is 1.